The van der Waals surface area contributed by atoms with E-state index in [0.29, 0.717) is 6.04 Å². The number of aromatic nitrogens is 1. The van der Waals surface area contributed by atoms with Crippen LogP contribution in [0.5, 0.6) is 0 Å². The largest absolute Gasteiger partial charge is 0.366 e. The van der Waals surface area contributed by atoms with Crippen LogP contribution in [0.3, 0.4) is 0 Å². The molecule has 1 aromatic rings. The molecule has 1 aromatic heterocycles. The number of hydrogen-bond donors (Lipinski definition) is 1. The minimum atomic E-state index is 0.533. The van der Waals surface area contributed by atoms with E-state index >= 15 is 0 Å². The second kappa shape index (κ2) is 4.94. The summed E-state index contributed by atoms with van der Waals surface area (Å²) in [6.07, 6.45) is 2.50. The standard InChI is InChI=1S/C11H16BrN3/c1-15-7-3-4-9(8-15)13-11-6-2-5-10(12)14-11/h2,5-6,9H,3-4,7-8H2,1H3,(H,13,14). The van der Waals surface area contributed by atoms with Gasteiger partial charge in [-0.1, -0.05) is 6.07 Å². The molecule has 0 amide bonds. The van der Waals surface area contributed by atoms with E-state index in [1.54, 1.807) is 0 Å². The number of likely N-dealkylation sites (tertiary alicyclic amines) is 1. The summed E-state index contributed by atoms with van der Waals surface area (Å²) in [5, 5.41) is 3.47. The van der Waals surface area contributed by atoms with E-state index in [1.807, 2.05) is 18.2 Å². The van der Waals surface area contributed by atoms with Crippen LogP contribution in [0.25, 0.3) is 0 Å². The maximum absolute atomic E-state index is 4.38. The van der Waals surface area contributed by atoms with Crippen molar-refractivity contribution in [1.29, 1.82) is 0 Å². The fourth-order valence-corrected chi connectivity index (χ4v) is 2.33. The van der Waals surface area contributed by atoms with Crippen molar-refractivity contribution in [3.63, 3.8) is 0 Å². The highest BCUT2D eigenvalue weighted by atomic mass is 79.9. The Kier molecular flexibility index (Phi) is 3.59. The number of piperidine rings is 1. The number of nitrogens with one attached hydrogen (secondary N) is 1. The highest BCUT2D eigenvalue weighted by Gasteiger charge is 2.16. The number of nitrogens with zero attached hydrogens (tertiary/aromatic N) is 2. The normalized spacial score (nSPS) is 22.7. The molecule has 0 aliphatic carbocycles. The molecule has 2 rings (SSSR count). The molecule has 1 aliphatic heterocycles. The highest BCUT2D eigenvalue weighted by molar-refractivity contribution is 9.10. The van der Waals surface area contributed by atoms with Gasteiger partial charge in [-0.3, -0.25) is 0 Å². The molecule has 4 heteroatoms. The smallest absolute Gasteiger partial charge is 0.127 e. The van der Waals surface area contributed by atoms with Gasteiger partial charge in [0, 0.05) is 12.6 Å². The molecule has 15 heavy (non-hydrogen) atoms. The van der Waals surface area contributed by atoms with Gasteiger partial charge >= 0.3 is 0 Å². The summed E-state index contributed by atoms with van der Waals surface area (Å²) >= 11 is 3.38. The monoisotopic (exact) mass is 269 g/mol. The average Bonchev–Trinajstić information content (AvgIpc) is 2.17. The lowest BCUT2D eigenvalue weighted by molar-refractivity contribution is 0.261. The van der Waals surface area contributed by atoms with Gasteiger partial charge in [-0.15, -0.1) is 0 Å². The Morgan fingerprint density at radius 2 is 2.40 bits per heavy atom. The zero-order valence-electron chi connectivity index (χ0n) is 8.91. The summed E-state index contributed by atoms with van der Waals surface area (Å²) in [6, 6.07) is 6.49. The summed E-state index contributed by atoms with van der Waals surface area (Å²) in [6.45, 7) is 2.32. The van der Waals surface area contributed by atoms with Crippen molar-refractivity contribution in [1.82, 2.24) is 9.88 Å². The lowest BCUT2D eigenvalue weighted by Gasteiger charge is -2.30. The number of rotatable bonds is 2. The zero-order chi connectivity index (χ0) is 10.7. The fraction of sp³-hybridized carbons (Fsp3) is 0.545. The Morgan fingerprint density at radius 3 is 3.13 bits per heavy atom. The van der Waals surface area contributed by atoms with Crippen LogP contribution in [0.1, 0.15) is 12.8 Å². The molecule has 0 bridgehead atoms. The predicted octanol–water partition coefficient (Wildman–Crippen LogP) is 2.35. The Bertz CT molecular complexity index is 329. The van der Waals surface area contributed by atoms with E-state index in [9.17, 15) is 0 Å². The summed E-state index contributed by atoms with van der Waals surface area (Å²) in [5.74, 6) is 0.963. The molecule has 1 atom stereocenters. The third-order valence-electron chi connectivity index (χ3n) is 2.69. The number of anilines is 1. The van der Waals surface area contributed by atoms with Crippen LogP contribution in [0.4, 0.5) is 5.82 Å². The number of pyridine rings is 1. The van der Waals surface area contributed by atoms with Gasteiger partial charge in [-0.25, -0.2) is 4.98 Å². The number of likely N-dealkylation sites (N-methyl/N-ethyl adjacent to an activating group) is 1. The quantitative estimate of drug-likeness (QED) is 0.836. The van der Waals surface area contributed by atoms with Crippen LogP contribution < -0.4 is 5.32 Å². The van der Waals surface area contributed by atoms with Crippen LogP contribution in [0.2, 0.25) is 0 Å². The van der Waals surface area contributed by atoms with Gasteiger partial charge < -0.3 is 10.2 Å². The van der Waals surface area contributed by atoms with E-state index in [4.69, 9.17) is 0 Å². The van der Waals surface area contributed by atoms with Crippen molar-refractivity contribution in [2.24, 2.45) is 0 Å². The van der Waals surface area contributed by atoms with Crippen LogP contribution in [-0.4, -0.2) is 36.1 Å². The molecule has 2 heterocycles. The molecular weight excluding hydrogens is 254 g/mol. The maximum Gasteiger partial charge on any atom is 0.127 e. The summed E-state index contributed by atoms with van der Waals surface area (Å²) < 4.78 is 0.886. The Hall–Kier alpha value is -0.610. The molecule has 1 saturated heterocycles. The predicted molar refractivity (Wildman–Crippen MR) is 66.1 cm³/mol. The van der Waals surface area contributed by atoms with E-state index in [-0.39, 0.29) is 0 Å². The van der Waals surface area contributed by atoms with Crippen molar-refractivity contribution < 1.29 is 0 Å². The molecule has 3 nitrogen and oxygen atoms in total. The zero-order valence-corrected chi connectivity index (χ0v) is 10.5. The molecule has 1 fully saturated rings. The van der Waals surface area contributed by atoms with Crippen molar-refractivity contribution >= 4 is 21.7 Å². The van der Waals surface area contributed by atoms with E-state index < -0.39 is 0 Å². The van der Waals surface area contributed by atoms with Crippen molar-refractivity contribution in [2.75, 3.05) is 25.5 Å². The molecule has 0 radical (unpaired) electrons. The van der Waals surface area contributed by atoms with E-state index in [1.165, 1.54) is 19.4 Å². The van der Waals surface area contributed by atoms with Crippen molar-refractivity contribution in [3.05, 3.63) is 22.8 Å². The summed E-state index contributed by atoms with van der Waals surface area (Å²) in [5.41, 5.74) is 0. The molecule has 0 spiro atoms. The van der Waals surface area contributed by atoms with Crippen molar-refractivity contribution in [2.45, 2.75) is 18.9 Å². The molecule has 0 saturated carbocycles. The molecule has 1 aliphatic rings. The summed E-state index contributed by atoms with van der Waals surface area (Å²) in [4.78, 5) is 6.74. The van der Waals surface area contributed by atoms with Crippen LogP contribution in [0.15, 0.2) is 22.8 Å². The van der Waals surface area contributed by atoms with Gasteiger partial charge in [-0.2, -0.15) is 0 Å². The van der Waals surface area contributed by atoms with Gasteiger partial charge in [0.25, 0.3) is 0 Å². The van der Waals surface area contributed by atoms with Crippen LogP contribution >= 0.6 is 15.9 Å². The van der Waals surface area contributed by atoms with Crippen LogP contribution in [0, 0.1) is 0 Å². The molecule has 1 unspecified atom stereocenters. The van der Waals surface area contributed by atoms with E-state index in [0.717, 1.165) is 17.0 Å². The number of halogens is 1. The van der Waals surface area contributed by atoms with Gasteiger partial charge in [0.1, 0.15) is 10.4 Å². The third-order valence-corrected chi connectivity index (χ3v) is 3.13. The Balaban J connectivity index is 1.96. The third kappa shape index (κ3) is 3.18. The molecule has 0 aromatic carbocycles. The van der Waals surface area contributed by atoms with Gasteiger partial charge in [-0.05, 0) is 54.5 Å². The lowest BCUT2D eigenvalue weighted by atomic mass is 10.1. The first-order valence-electron chi connectivity index (χ1n) is 5.32. The Morgan fingerprint density at radius 1 is 1.53 bits per heavy atom. The lowest BCUT2D eigenvalue weighted by Crippen LogP contribution is -2.39. The fourth-order valence-electron chi connectivity index (χ4n) is 1.98. The van der Waals surface area contributed by atoms with Gasteiger partial charge in [0.2, 0.25) is 0 Å². The molecular formula is C11H16BrN3. The van der Waals surface area contributed by atoms with E-state index in [2.05, 4.69) is 38.2 Å². The first kappa shape index (κ1) is 10.9. The number of hydrogen-bond acceptors (Lipinski definition) is 3. The maximum atomic E-state index is 4.38. The highest BCUT2D eigenvalue weighted by Crippen LogP contribution is 2.15. The van der Waals surface area contributed by atoms with Gasteiger partial charge in [0.15, 0.2) is 0 Å². The van der Waals surface area contributed by atoms with Gasteiger partial charge in [0.05, 0.1) is 0 Å². The topological polar surface area (TPSA) is 28.2 Å². The molecule has 1 N–H and O–H groups in total. The first-order valence-corrected chi connectivity index (χ1v) is 6.11. The SMILES string of the molecule is CN1CCCC(Nc2cccc(Br)n2)C1. The second-order valence-electron chi connectivity index (χ2n) is 4.09. The minimum absolute atomic E-state index is 0.533. The average molecular weight is 270 g/mol. The second-order valence-corrected chi connectivity index (χ2v) is 4.90. The van der Waals surface area contributed by atoms with Crippen LogP contribution in [-0.2, 0) is 0 Å². The summed E-state index contributed by atoms with van der Waals surface area (Å²) in [7, 11) is 2.17. The van der Waals surface area contributed by atoms with Crippen molar-refractivity contribution in [3.8, 4) is 0 Å². The Labute approximate surface area is 99.0 Å². The first-order chi connectivity index (χ1) is 7.24. The minimum Gasteiger partial charge on any atom is -0.366 e. The molecule has 82 valence electrons.